The molecule has 2 aromatic rings. The van der Waals surface area contributed by atoms with Crippen molar-refractivity contribution in [2.75, 3.05) is 11.9 Å². The number of benzene rings is 1. The van der Waals surface area contributed by atoms with Crippen LogP contribution in [0.25, 0.3) is 0 Å². The first-order valence-electron chi connectivity index (χ1n) is 6.30. The van der Waals surface area contributed by atoms with E-state index in [0.717, 1.165) is 0 Å². The van der Waals surface area contributed by atoms with Crippen molar-refractivity contribution in [1.29, 1.82) is 5.26 Å². The Labute approximate surface area is 125 Å². The molecule has 0 N–H and O–H groups in total. The van der Waals surface area contributed by atoms with E-state index in [1.807, 2.05) is 6.07 Å². The largest absolute Gasteiger partial charge is 0.573 e. The normalized spacial score (nSPS) is 10.9. The van der Waals surface area contributed by atoms with Crippen LogP contribution < -0.4 is 9.64 Å². The lowest BCUT2D eigenvalue weighted by atomic mass is 10.2. The summed E-state index contributed by atoms with van der Waals surface area (Å²) in [4.78, 5) is 5.85. The van der Waals surface area contributed by atoms with E-state index in [1.54, 1.807) is 36.2 Å². The van der Waals surface area contributed by atoms with E-state index in [1.165, 1.54) is 18.2 Å². The first-order chi connectivity index (χ1) is 10.4. The number of hydrogen-bond acceptors (Lipinski definition) is 4. The van der Waals surface area contributed by atoms with Crippen molar-refractivity contribution in [2.24, 2.45) is 0 Å². The highest BCUT2D eigenvalue weighted by Crippen LogP contribution is 2.24. The number of pyridine rings is 1. The van der Waals surface area contributed by atoms with Gasteiger partial charge in [0.25, 0.3) is 0 Å². The number of ether oxygens (including phenoxy) is 1. The predicted molar refractivity (Wildman–Crippen MR) is 74.2 cm³/mol. The molecule has 4 nitrogen and oxygen atoms in total. The van der Waals surface area contributed by atoms with Crippen LogP contribution in [-0.4, -0.2) is 18.4 Å². The topological polar surface area (TPSA) is 49.1 Å². The van der Waals surface area contributed by atoms with Gasteiger partial charge >= 0.3 is 6.36 Å². The lowest BCUT2D eigenvalue weighted by Gasteiger charge is -2.19. The average molecular weight is 307 g/mol. The molecular formula is C15H12F3N3O. The third-order valence-electron chi connectivity index (χ3n) is 2.79. The molecule has 0 spiro atoms. The molecule has 1 aromatic heterocycles. The Morgan fingerprint density at radius 2 is 1.95 bits per heavy atom. The van der Waals surface area contributed by atoms with Crippen LogP contribution >= 0.6 is 0 Å². The highest BCUT2D eigenvalue weighted by atomic mass is 19.4. The van der Waals surface area contributed by atoms with Gasteiger partial charge in [-0.25, -0.2) is 4.98 Å². The SMILES string of the molecule is CN(Cc1cccc(OC(F)(F)F)c1)c1cccc(C#N)n1. The number of hydrogen-bond donors (Lipinski definition) is 0. The zero-order chi connectivity index (χ0) is 16.2. The number of anilines is 1. The van der Waals surface area contributed by atoms with Crippen LogP contribution in [0.1, 0.15) is 11.3 Å². The van der Waals surface area contributed by atoms with Crippen molar-refractivity contribution in [1.82, 2.24) is 4.98 Å². The van der Waals surface area contributed by atoms with Gasteiger partial charge in [-0.2, -0.15) is 5.26 Å². The average Bonchev–Trinajstić information content (AvgIpc) is 2.46. The number of nitrogens with zero attached hydrogens (tertiary/aromatic N) is 3. The van der Waals surface area contributed by atoms with E-state index in [2.05, 4.69) is 9.72 Å². The Hall–Kier alpha value is -2.75. The molecule has 114 valence electrons. The summed E-state index contributed by atoms with van der Waals surface area (Å²) in [6, 6.07) is 12.7. The number of halogens is 3. The number of rotatable bonds is 4. The molecule has 22 heavy (non-hydrogen) atoms. The molecule has 0 fully saturated rings. The minimum Gasteiger partial charge on any atom is -0.406 e. The van der Waals surface area contributed by atoms with Gasteiger partial charge in [-0.05, 0) is 29.8 Å². The van der Waals surface area contributed by atoms with Gasteiger partial charge in [0.05, 0.1) is 0 Å². The minimum atomic E-state index is -4.72. The molecule has 0 aliphatic heterocycles. The Kier molecular flexibility index (Phi) is 4.51. The number of aromatic nitrogens is 1. The van der Waals surface area contributed by atoms with Gasteiger partial charge in [-0.3, -0.25) is 0 Å². The smallest absolute Gasteiger partial charge is 0.406 e. The summed E-state index contributed by atoms with van der Waals surface area (Å²) in [7, 11) is 1.74. The standard InChI is InChI=1S/C15H12F3N3O/c1-21(14-7-3-5-12(9-19)20-14)10-11-4-2-6-13(8-11)22-15(16,17)18/h2-8H,10H2,1H3. The fraction of sp³-hybridized carbons (Fsp3) is 0.200. The van der Waals surface area contributed by atoms with Gasteiger partial charge < -0.3 is 9.64 Å². The number of nitriles is 1. The zero-order valence-corrected chi connectivity index (χ0v) is 11.6. The van der Waals surface area contributed by atoms with E-state index in [4.69, 9.17) is 5.26 Å². The van der Waals surface area contributed by atoms with Gasteiger partial charge in [0, 0.05) is 13.6 Å². The fourth-order valence-electron chi connectivity index (χ4n) is 1.89. The summed E-state index contributed by atoms with van der Waals surface area (Å²) in [5.41, 5.74) is 0.909. The van der Waals surface area contributed by atoms with Gasteiger partial charge in [0.1, 0.15) is 23.3 Å². The Morgan fingerprint density at radius 1 is 1.23 bits per heavy atom. The minimum absolute atomic E-state index is 0.267. The van der Waals surface area contributed by atoms with Crippen LogP contribution in [-0.2, 0) is 6.54 Å². The molecule has 0 amide bonds. The van der Waals surface area contributed by atoms with Crippen molar-refractivity contribution >= 4 is 5.82 Å². The van der Waals surface area contributed by atoms with E-state index >= 15 is 0 Å². The molecule has 0 aliphatic carbocycles. The first kappa shape index (κ1) is 15.6. The molecule has 7 heteroatoms. The van der Waals surface area contributed by atoms with Crippen molar-refractivity contribution < 1.29 is 17.9 Å². The van der Waals surface area contributed by atoms with Crippen LogP contribution in [0.5, 0.6) is 5.75 Å². The lowest BCUT2D eigenvalue weighted by molar-refractivity contribution is -0.274. The van der Waals surface area contributed by atoms with Gasteiger partial charge in [-0.15, -0.1) is 13.2 Å². The molecule has 0 saturated carbocycles. The zero-order valence-electron chi connectivity index (χ0n) is 11.6. The molecular weight excluding hydrogens is 295 g/mol. The van der Waals surface area contributed by atoms with Crippen molar-refractivity contribution in [2.45, 2.75) is 12.9 Å². The van der Waals surface area contributed by atoms with Gasteiger partial charge in [0.15, 0.2) is 0 Å². The van der Waals surface area contributed by atoms with Gasteiger partial charge in [-0.1, -0.05) is 18.2 Å². The first-order valence-corrected chi connectivity index (χ1v) is 6.30. The third kappa shape index (κ3) is 4.38. The molecule has 0 saturated heterocycles. The number of alkyl halides is 3. The maximum absolute atomic E-state index is 12.2. The van der Waals surface area contributed by atoms with Crippen LogP contribution in [0.3, 0.4) is 0 Å². The van der Waals surface area contributed by atoms with Crippen LogP contribution in [0.15, 0.2) is 42.5 Å². The summed E-state index contributed by atoms with van der Waals surface area (Å²) >= 11 is 0. The molecule has 0 atom stereocenters. The second-order valence-corrected chi connectivity index (χ2v) is 4.54. The second-order valence-electron chi connectivity index (χ2n) is 4.54. The van der Waals surface area contributed by atoms with E-state index in [0.29, 0.717) is 17.9 Å². The molecule has 0 bridgehead atoms. The summed E-state index contributed by atoms with van der Waals surface area (Å²) in [5, 5.41) is 8.82. The van der Waals surface area contributed by atoms with Crippen molar-refractivity contribution in [3.63, 3.8) is 0 Å². The quantitative estimate of drug-likeness (QED) is 0.867. The van der Waals surface area contributed by atoms with E-state index in [9.17, 15) is 13.2 Å². The Morgan fingerprint density at radius 3 is 2.64 bits per heavy atom. The summed E-state index contributed by atoms with van der Waals surface area (Å²) < 4.78 is 40.5. The molecule has 0 radical (unpaired) electrons. The monoisotopic (exact) mass is 307 g/mol. The Balaban J connectivity index is 2.13. The lowest BCUT2D eigenvalue weighted by Crippen LogP contribution is -2.19. The van der Waals surface area contributed by atoms with E-state index in [-0.39, 0.29) is 11.4 Å². The highest BCUT2D eigenvalue weighted by Gasteiger charge is 2.31. The highest BCUT2D eigenvalue weighted by molar-refractivity contribution is 5.42. The van der Waals surface area contributed by atoms with Crippen LogP contribution in [0, 0.1) is 11.3 Å². The molecule has 1 heterocycles. The van der Waals surface area contributed by atoms with Crippen LogP contribution in [0.2, 0.25) is 0 Å². The fourth-order valence-corrected chi connectivity index (χ4v) is 1.89. The van der Waals surface area contributed by atoms with Crippen molar-refractivity contribution in [3.05, 3.63) is 53.7 Å². The molecule has 0 aliphatic rings. The summed E-state index contributed by atoms with van der Waals surface area (Å²) in [6.07, 6.45) is -4.72. The second kappa shape index (κ2) is 6.35. The summed E-state index contributed by atoms with van der Waals surface area (Å²) in [5.74, 6) is 0.290. The molecule has 2 rings (SSSR count). The van der Waals surface area contributed by atoms with Crippen molar-refractivity contribution in [3.8, 4) is 11.8 Å². The van der Waals surface area contributed by atoms with Crippen LogP contribution in [0.4, 0.5) is 19.0 Å². The Bertz CT molecular complexity index is 695. The van der Waals surface area contributed by atoms with E-state index < -0.39 is 6.36 Å². The van der Waals surface area contributed by atoms with Gasteiger partial charge in [0.2, 0.25) is 0 Å². The third-order valence-corrected chi connectivity index (χ3v) is 2.79. The summed E-state index contributed by atoms with van der Waals surface area (Å²) in [6.45, 7) is 0.330. The predicted octanol–water partition coefficient (Wildman–Crippen LogP) is 3.49. The molecule has 1 aromatic carbocycles. The maximum Gasteiger partial charge on any atom is 0.573 e. The molecule has 0 unspecified atom stereocenters. The maximum atomic E-state index is 12.2.